The molecule has 0 radical (unpaired) electrons. The molecule has 6 nitrogen and oxygen atoms in total. The van der Waals surface area contributed by atoms with Crippen molar-refractivity contribution in [1.29, 1.82) is 0 Å². The van der Waals surface area contributed by atoms with Crippen molar-refractivity contribution in [2.75, 3.05) is 32.8 Å². The molecule has 1 fully saturated rings. The van der Waals surface area contributed by atoms with E-state index in [0.29, 0.717) is 31.2 Å². The van der Waals surface area contributed by atoms with Gasteiger partial charge in [0, 0.05) is 43.9 Å². The van der Waals surface area contributed by atoms with Crippen LogP contribution in [-0.4, -0.2) is 53.5 Å². The van der Waals surface area contributed by atoms with Crippen LogP contribution in [0.5, 0.6) is 5.75 Å². The zero-order valence-corrected chi connectivity index (χ0v) is 18.4. The first-order chi connectivity index (χ1) is 15.0. The van der Waals surface area contributed by atoms with Crippen LogP contribution in [0, 0.1) is 13.8 Å². The Morgan fingerprint density at radius 2 is 1.68 bits per heavy atom. The molecule has 1 aliphatic rings. The summed E-state index contributed by atoms with van der Waals surface area (Å²) >= 11 is 0. The largest absolute Gasteiger partial charge is 0.494 e. The van der Waals surface area contributed by atoms with E-state index in [0.717, 1.165) is 42.4 Å². The molecule has 162 valence electrons. The van der Waals surface area contributed by atoms with Crippen molar-refractivity contribution < 1.29 is 13.9 Å². The van der Waals surface area contributed by atoms with E-state index in [9.17, 15) is 4.79 Å². The van der Waals surface area contributed by atoms with Gasteiger partial charge in [-0.05, 0) is 57.2 Å². The number of hydrogen-bond donors (Lipinski definition) is 0. The fraction of sp³-hybridized carbons (Fsp3) is 0.360. The Bertz CT molecular complexity index is 1020. The van der Waals surface area contributed by atoms with Crippen LogP contribution in [0.3, 0.4) is 0 Å². The number of ether oxygens (including phenoxy) is 1. The van der Waals surface area contributed by atoms with Crippen LogP contribution in [0.4, 0.5) is 0 Å². The van der Waals surface area contributed by atoms with Crippen LogP contribution in [-0.2, 0) is 6.54 Å². The van der Waals surface area contributed by atoms with Crippen LogP contribution in [0.25, 0.3) is 11.5 Å². The Hall–Kier alpha value is -3.12. The number of rotatable bonds is 6. The molecule has 0 atom stereocenters. The molecule has 0 bridgehead atoms. The first-order valence-corrected chi connectivity index (χ1v) is 10.8. The molecule has 3 aromatic rings. The fourth-order valence-electron chi connectivity index (χ4n) is 3.76. The molecular formula is C25H29N3O3. The number of aryl methyl sites for hydroxylation is 2. The topological polar surface area (TPSA) is 58.8 Å². The second-order valence-electron chi connectivity index (χ2n) is 7.91. The molecule has 31 heavy (non-hydrogen) atoms. The summed E-state index contributed by atoms with van der Waals surface area (Å²) in [7, 11) is 0. The molecule has 2 heterocycles. The normalized spacial score (nSPS) is 14.6. The summed E-state index contributed by atoms with van der Waals surface area (Å²) in [5.74, 6) is 2.37. The summed E-state index contributed by atoms with van der Waals surface area (Å²) in [6, 6.07) is 15.6. The van der Waals surface area contributed by atoms with E-state index < -0.39 is 0 Å². The number of carbonyl (C=O) groups is 1. The lowest BCUT2D eigenvalue weighted by Crippen LogP contribution is -2.48. The lowest BCUT2D eigenvalue weighted by atomic mass is 10.1. The number of piperazine rings is 1. The molecule has 0 N–H and O–H groups in total. The summed E-state index contributed by atoms with van der Waals surface area (Å²) in [6.45, 7) is 10.4. The molecule has 2 aromatic carbocycles. The van der Waals surface area contributed by atoms with Gasteiger partial charge in [-0.3, -0.25) is 9.69 Å². The molecule has 0 aliphatic carbocycles. The third-order valence-electron chi connectivity index (χ3n) is 5.64. The van der Waals surface area contributed by atoms with Crippen molar-refractivity contribution in [2.24, 2.45) is 0 Å². The molecule has 1 saturated heterocycles. The first-order valence-electron chi connectivity index (χ1n) is 10.8. The second kappa shape index (κ2) is 9.35. The van der Waals surface area contributed by atoms with Gasteiger partial charge in [-0.1, -0.05) is 17.7 Å². The van der Waals surface area contributed by atoms with Crippen molar-refractivity contribution in [3.8, 4) is 17.2 Å². The third-order valence-corrected chi connectivity index (χ3v) is 5.64. The van der Waals surface area contributed by atoms with Crippen molar-refractivity contribution in [2.45, 2.75) is 27.3 Å². The van der Waals surface area contributed by atoms with Gasteiger partial charge in [-0.25, -0.2) is 4.98 Å². The van der Waals surface area contributed by atoms with E-state index in [2.05, 4.69) is 24.0 Å². The van der Waals surface area contributed by atoms with E-state index >= 15 is 0 Å². The zero-order valence-electron chi connectivity index (χ0n) is 18.4. The van der Waals surface area contributed by atoms with Gasteiger partial charge in [0.05, 0.1) is 12.3 Å². The smallest absolute Gasteiger partial charge is 0.253 e. The predicted molar refractivity (Wildman–Crippen MR) is 120 cm³/mol. The number of carbonyl (C=O) groups excluding carboxylic acids is 1. The Morgan fingerprint density at radius 1 is 1.00 bits per heavy atom. The van der Waals surface area contributed by atoms with Gasteiger partial charge in [0.2, 0.25) is 5.89 Å². The van der Waals surface area contributed by atoms with Crippen LogP contribution in [0.2, 0.25) is 0 Å². The molecule has 0 saturated carbocycles. The molecule has 1 aliphatic heterocycles. The lowest BCUT2D eigenvalue weighted by Gasteiger charge is -2.34. The first kappa shape index (κ1) is 21.1. The summed E-state index contributed by atoms with van der Waals surface area (Å²) in [5.41, 5.74) is 3.87. The highest BCUT2D eigenvalue weighted by Gasteiger charge is 2.23. The van der Waals surface area contributed by atoms with Crippen molar-refractivity contribution >= 4 is 5.91 Å². The summed E-state index contributed by atoms with van der Waals surface area (Å²) < 4.78 is 11.4. The average Bonchev–Trinajstić information content (AvgIpc) is 3.15. The van der Waals surface area contributed by atoms with Gasteiger partial charge < -0.3 is 14.1 Å². The number of nitrogens with zero attached hydrogens (tertiary/aromatic N) is 3. The van der Waals surface area contributed by atoms with E-state index in [-0.39, 0.29) is 5.91 Å². The lowest BCUT2D eigenvalue weighted by molar-refractivity contribution is 0.0626. The highest BCUT2D eigenvalue weighted by molar-refractivity contribution is 5.94. The number of benzene rings is 2. The minimum Gasteiger partial charge on any atom is -0.494 e. The Labute approximate surface area is 183 Å². The molecule has 6 heteroatoms. The highest BCUT2D eigenvalue weighted by Crippen LogP contribution is 2.23. The van der Waals surface area contributed by atoms with Gasteiger partial charge in [-0.2, -0.15) is 0 Å². The van der Waals surface area contributed by atoms with Gasteiger partial charge in [-0.15, -0.1) is 0 Å². The molecule has 4 rings (SSSR count). The number of aromatic nitrogens is 1. The number of amides is 1. The van der Waals surface area contributed by atoms with Gasteiger partial charge >= 0.3 is 0 Å². The van der Waals surface area contributed by atoms with Crippen LogP contribution < -0.4 is 4.74 Å². The SMILES string of the molecule is CCOc1ccc(C(=O)N2CCN(Cc3nc(-c4ccc(C)cc4)oc3C)CC2)cc1. The monoisotopic (exact) mass is 419 g/mol. The molecule has 1 aromatic heterocycles. The van der Waals surface area contributed by atoms with Crippen molar-refractivity contribution in [3.05, 3.63) is 71.1 Å². The van der Waals surface area contributed by atoms with E-state index in [1.54, 1.807) is 0 Å². The van der Waals surface area contributed by atoms with Gasteiger partial charge in [0.1, 0.15) is 11.5 Å². The van der Waals surface area contributed by atoms with E-state index in [1.807, 2.05) is 55.1 Å². The maximum atomic E-state index is 12.8. The maximum absolute atomic E-state index is 12.8. The minimum absolute atomic E-state index is 0.0713. The Morgan fingerprint density at radius 3 is 2.32 bits per heavy atom. The number of oxazole rings is 1. The minimum atomic E-state index is 0.0713. The molecule has 0 spiro atoms. The summed E-state index contributed by atoms with van der Waals surface area (Å²) in [4.78, 5) is 21.8. The van der Waals surface area contributed by atoms with Crippen LogP contribution >= 0.6 is 0 Å². The molecule has 0 unspecified atom stereocenters. The summed E-state index contributed by atoms with van der Waals surface area (Å²) in [6.07, 6.45) is 0. The van der Waals surface area contributed by atoms with Crippen molar-refractivity contribution in [1.82, 2.24) is 14.8 Å². The van der Waals surface area contributed by atoms with Gasteiger partial charge in [0.25, 0.3) is 5.91 Å². The van der Waals surface area contributed by atoms with E-state index in [4.69, 9.17) is 14.1 Å². The Kier molecular flexibility index (Phi) is 6.37. The van der Waals surface area contributed by atoms with Crippen LogP contribution in [0.1, 0.15) is 34.3 Å². The third kappa shape index (κ3) is 4.97. The average molecular weight is 420 g/mol. The molecule has 1 amide bonds. The quantitative estimate of drug-likeness (QED) is 0.596. The second-order valence-corrected chi connectivity index (χ2v) is 7.91. The van der Waals surface area contributed by atoms with Crippen LogP contribution in [0.15, 0.2) is 52.9 Å². The maximum Gasteiger partial charge on any atom is 0.253 e. The predicted octanol–water partition coefficient (Wildman–Crippen LogP) is 4.32. The zero-order chi connectivity index (χ0) is 21.8. The summed E-state index contributed by atoms with van der Waals surface area (Å²) in [5, 5.41) is 0. The van der Waals surface area contributed by atoms with Gasteiger partial charge in [0.15, 0.2) is 0 Å². The fourth-order valence-corrected chi connectivity index (χ4v) is 3.76. The van der Waals surface area contributed by atoms with Crippen molar-refractivity contribution in [3.63, 3.8) is 0 Å². The van der Waals surface area contributed by atoms with E-state index in [1.165, 1.54) is 5.56 Å². The standard InChI is InChI=1S/C25H29N3O3/c1-4-30-22-11-9-21(10-12-22)25(29)28-15-13-27(14-16-28)17-23-19(3)31-24(26-23)20-7-5-18(2)6-8-20/h5-12H,4,13-17H2,1-3H3. The number of hydrogen-bond acceptors (Lipinski definition) is 5. The molecular weight excluding hydrogens is 390 g/mol. The highest BCUT2D eigenvalue weighted by atomic mass is 16.5. The Balaban J connectivity index is 1.34.